The molecule has 0 radical (unpaired) electrons. The molecule has 0 aliphatic heterocycles. The highest BCUT2D eigenvalue weighted by Gasteiger charge is 2.12. The van der Waals surface area contributed by atoms with Crippen LogP contribution in [0.5, 0.6) is 0 Å². The molecular weight excluding hydrogens is 250 g/mol. The summed E-state index contributed by atoms with van der Waals surface area (Å²) in [6.07, 6.45) is 2.96. The number of hydrogen-bond acceptors (Lipinski definition) is 5. The molecule has 98 valence electrons. The van der Waals surface area contributed by atoms with Crippen LogP contribution in [-0.4, -0.2) is 34.3 Å². The van der Waals surface area contributed by atoms with E-state index in [1.165, 1.54) is 10.9 Å². The number of imidazole rings is 1. The second-order valence-corrected chi connectivity index (χ2v) is 3.98. The molecule has 3 aromatic rings. The summed E-state index contributed by atoms with van der Waals surface area (Å²) in [5, 5.41) is 3.96. The average molecular weight is 261 g/mol. The third-order valence-electron chi connectivity index (χ3n) is 2.78. The lowest BCUT2D eigenvalue weighted by Crippen LogP contribution is -2.29. The van der Waals surface area contributed by atoms with Gasteiger partial charge in [-0.2, -0.15) is 5.10 Å². The SMILES string of the molecule is CCn1c(=O)[nH]c(=O)c2[nH]c(Cn3cncn3)nc21. The van der Waals surface area contributed by atoms with Gasteiger partial charge in [0.2, 0.25) is 0 Å². The summed E-state index contributed by atoms with van der Waals surface area (Å²) in [6, 6.07) is 0. The first-order chi connectivity index (χ1) is 9.19. The van der Waals surface area contributed by atoms with Crippen molar-refractivity contribution in [2.24, 2.45) is 0 Å². The largest absolute Gasteiger partial charge is 0.335 e. The predicted octanol–water partition coefficient (Wildman–Crippen LogP) is -0.927. The summed E-state index contributed by atoms with van der Waals surface area (Å²) in [5.41, 5.74) is -0.288. The highest BCUT2D eigenvalue weighted by molar-refractivity contribution is 5.69. The molecule has 0 unspecified atom stereocenters. The van der Waals surface area contributed by atoms with Gasteiger partial charge in [-0.05, 0) is 6.92 Å². The molecule has 2 N–H and O–H groups in total. The van der Waals surface area contributed by atoms with Gasteiger partial charge in [-0.3, -0.25) is 14.3 Å². The van der Waals surface area contributed by atoms with Gasteiger partial charge in [0.25, 0.3) is 5.56 Å². The molecule has 0 saturated heterocycles. The van der Waals surface area contributed by atoms with Crippen molar-refractivity contribution in [1.82, 2.24) is 34.3 Å². The van der Waals surface area contributed by atoms with Crippen LogP contribution in [0.15, 0.2) is 22.2 Å². The number of aromatic nitrogens is 7. The zero-order valence-corrected chi connectivity index (χ0v) is 10.1. The summed E-state index contributed by atoms with van der Waals surface area (Å²) in [4.78, 5) is 36.6. The third-order valence-corrected chi connectivity index (χ3v) is 2.78. The Kier molecular flexibility index (Phi) is 2.51. The molecule has 0 aromatic carbocycles. The van der Waals surface area contributed by atoms with Crippen molar-refractivity contribution in [3.63, 3.8) is 0 Å². The Balaban J connectivity index is 2.17. The molecule has 0 atom stereocenters. The fourth-order valence-corrected chi connectivity index (χ4v) is 1.92. The number of aryl methyl sites for hydroxylation is 1. The van der Waals surface area contributed by atoms with E-state index in [0.29, 0.717) is 24.6 Å². The minimum absolute atomic E-state index is 0.288. The van der Waals surface area contributed by atoms with E-state index in [4.69, 9.17) is 0 Å². The topological polar surface area (TPSA) is 114 Å². The second-order valence-electron chi connectivity index (χ2n) is 3.98. The van der Waals surface area contributed by atoms with E-state index >= 15 is 0 Å². The first-order valence-corrected chi connectivity index (χ1v) is 5.73. The Morgan fingerprint density at radius 3 is 2.84 bits per heavy atom. The molecular formula is C10H11N7O2. The van der Waals surface area contributed by atoms with Crippen LogP contribution in [0.1, 0.15) is 12.7 Å². The maximum Gasteiger partial charge on any atom is 0.330 e. The lowest BCUT2D eigenvalue weighted by molar-refractivity contribution is 0.659. The normalized spacial score (nSPS) is 11.2. The number of hydrogen-bond donors (Lipinski definition) is 2. The van der Waals surface area contributed by atoms with Gasteiger partial charge in [-0.25, -0.2) is 19.4 Å². The zero-order chi connectivity index (χ0) is 13.4. The van der Waals surface area contributed by atoms with Crippen LogP contribution in [0.3, 0.4) is 0 Å². The van der Waals surface area contributed by atoms with Gasteiger partial charge in [0, 0.05) is 6.54 Å². The third kappa shape index (κ3) is 1.84. The molecule has 0 aliphatic carbocycles. The Bertz CT molecular complexity index is 824. The van der Waals surface area contributed by atoms with E-state index < -0.39 is 11.2 Å². The summed E-state index contributed by atoms with van der Waals surface area (Å²) in [6.45, 7) is 2.59. The number of fused-ring (bicyclic) bond motifs is 1. The minimum atomic E-state index is -0.470. The Hall–Kier alpha value is -2.71. The van der Waals surface area contributed by atoms with Crippen molar-refractivity contribution in [3.05, 3.63) is 39.3 Å². The number of H-pyrrole nitrogens is 2. The summed E-state index contributed by atoms with van der Waals surface area (Å²) >= 11 is 0. The summed E-state index contributed by atoms with van der Waals surface area (Å²) in [7, 11) is 0. The highest BCUT2D eigenvalue weighted by atomic mass is 16.2. The molecule has 0 spiro atoms. The van der Waals surface area contributed by atoms with Crippen LogP contribution in [-0.2, 0) is 13.1 Å². The Labute approximate surface area is 105 Å². The molecule has 0 aliphatic rings. The van der Waals surface area contributed by atoms with Crippen LogP contribution in [0.25, 0.3) is 11.2 Å². The van der Waals surface area contributed by atoms with Gasteiger partial charge in [-0.15, -0.1) is 0 Å². The average Bonchev–Trinajstić information content (AvgIpc) is 3.00. The standard InChI is InChI=1S/C10H11N7O2/c1-2-17-8-7(9(18)15-10(17)19)13-6(14-8)3-16-5-11-4-12-16/h4-5H,2-3H2,1H3,(H,13,14)(H,15,18,19). The number of rotatable bonds is 3. The second kappa shape index (κ2) is 4.19. The fraction of sp³-hybridized carbons (Fsp3) is 0.300. The Morgan fingerprint density at radius 1 is 1.32 bits per heavy atom. The van der Waals surface area contributed by atoms with Crippen LogP contribution in [0.4, 0.5) is 0 Å². The van der Waals surface area contributed by atoms with E-state index in [2.05, 4.69) is 25.0 Å². The van der Waals surface area contributed by atoms with Gasteiger partial charge < -0.3 is 4.98 Å². The molecule has 3 rings (SSSR count). The van der Waals surface area contributed by atoms with Crippen LogP contribution >= 0.6 is 0 Å². The first kappa shape index (κ1) is 11.4. The molecule has 19 heavy (non-hydrogen) atoms. The van der Waals surface area contributed by atoms with Gasteiger partial charge in [0.15, 0.2) is 5.65 Å². The quantitative estimate of drug-likeness (QED) is 0.632. The van der Waals surface area contributed by atoms with Crippen molar-refractivity contribution >= 4 is 11.2 Å². The summed E-state index contributed by atoms with van der Waals surface area (Å²) in [5.74, 6) is 0.541. The summed E-state index contributed by atoms with van der Waals surface area (Å²) < 4.78 is 2.97. The van der Waals surface area contributed by atoms with Gasteiger partial charge in [0.1, 0.15) is 30.5 Å². The van der Waals surface area contributed by atoms with Gasteiger partial charge in [-0.1, -0.05) is 0 Å². The number of nitrogens with zero attached hydrogens (tertiary/aromatic N) is 5. The predicted molar refractivity (Wildman–Crippen MR) is 65.8 cm³/mol. The fourth-order valence-electron chi connectivity index (χ4n) is 1.92. The zero-order valence-electron chi connectivity index (χ0n) is 10.1. The van der Waals surface area contributed by atoms with Crippen molar-refractivity contribution in [2.45, 2.75) is 20.0 Å². The smallest absolute Gasteiger partial charge is 0.330 e. The van der Waals surface area contributed by atoms with E-state index in [1.54, 1.807) is 11.0 Å². The van der Waals surface area contributed by atoms with Crippen molar-refractivity contribution in [2.75, 3.05) is 0 Å². The molecule has 0 amide bonds. The maximum atomic E-state index is 11.7. The molecule has 9 nitrogen and oxygen atoms in total. The van der Waals surface area contributed by atoms with Crippen LogP contribution in [0.2, 0.25) is 0 Å². The van der Waals surface area contributed by atoms with E-state index in [1.807, 2.05) is 6.92 Å². The monoisotopic (exact) mass is 261 g/mol. The molecule has 0 fully saturated rings. The maximum absolute atomic E-state index is 11.7. The lowest BCUT2D eigenvalue weighted by Gasteiger charge is -1.99. The molecule has 0 saturated carbocycles. The Morgan fingerprint density at radius 2 is 2.16 bits per heavy atom. The van der Waals surface area contributed by atoms with Crippen LogP contribution < -0.4 is 11.2 Å². The van der Waals surface area contributed by atoms with Crippen LogP contribution in [0, 0.1) is 0 Å². The van der Waals surface area contributed by atoms with E-state index in [0.717, 1.165) is 0 Å². The van der Waals surface area contributed by atoms with Gasteiger partial charge >= 0.3 is 5.69 Å². The molecule has 9 heteroatoms. The molecule has 3 aromatic heterocycles. The van der Waals surface area contributed by atoms with Crippen molar-refractivity contribution in [1.29, 1.82) is 0 Å². The lowest BCUT2D eigenvalue weighted by atomic mass is 10.5. The van der Waals surface area contributed by atoms with E-state index in [-0.39, 0.29) is 5.52 Å². The van der Waals surface area contributed by atoms with Gasteiger partial charge in [0.05, 0.1) is 0 Å². The van der Waals surface area contributed by atoms with Crippen molar-refractivity contribution in [3.8, 4) is 0 Å². The van der Waals surface area contributed by atoms with Crippen molar-refractivity contribution < 1.29 is 0 Å². The highest BCUT2D eigenvalue weighted by Crippen LogP contribution is 2.05. The number of nitrogens with one attached hydrogen (secondary N) is 2. The van der Waals surface area contributed by atoms with E-state index in [9.17, 15) is 9.59 Å². The molecule has 3 heterocycles. The molecule has 0 bridgehead atoms. The minimum Gasteiger partial charge on any atom is -0.335 e. The first-order valence-electron chi connectivity index (χ1n) is 5.73. The number of aromatic amines is 2.